The highest BCUT2D eigenvalue weighted by atomic mass is 35.5. The molecule has 0 aliphatic carbocycles. The van der Waals surface area contributed by atoms with E-state index in [1.54, 1.807) is 55.5 Å². The van der Waals surface area contributed by atoms with Gasteiger partial charge in [0.2, 0.25) is 0 Å². The summed E-state index contributed by atoms with van der Waals surface area (Å²) in [7, 11) is 1.51. The van der Waals surface area contributed by atoms with Crippen LogP contribution in [-0.4, -0.2) is 37.4 Å². The zero-order valence-corrected chi connectivity index (χ0v) is 20.7. The lowest BCUT2D eigenvalue weighted by atomic mass is 10.1. The number of amides is 3. The molecule has 1 aliphatic rings. The topological polar surface area (TPSA) is 114 Å². The zero-order valence-electron chi connectivity index (χ0n) is 19.9. The average molecular weight is 520 g/mol. The zero-order chi connectivity index (χ0) is 26.5. The van der Waals surface area contributed by atoms with E-state index >= 15 is 0 Å². The average Bonchev–Trinajstić information content (AvgIpc) is 3.12. The van der Waals surface area contributed by atoms with E-state index in [0.717, 1.165) is 4.90 Å². The molecule has 4 rings (SSSR count). The summed E-state index contributed by atoms with van der Waals surface area (Å²) >= 11 is 6.20. The Bertz CT molecular complexity index is 1400. The van der Waals surface area contributed by atoms with E-state index in [-0.39, 0.29) is 34.5 Å². The van der Waals surface area contributed by atoms with Crippen molar-refractivity contribution in [1.29, 1.82) is 0 Å². The van der Waals surface area contributed by atoms with Crippen LogP contribution in [0.2, 0.25) is 0 Å². The van der Waals surface area contributed by atoms with Crippen molar-refractivity contribution in [2.75, 3.05) is 29.3 Å². The fraction of sp³-hybridized carbons (Fsp3) is 0.111. The molecule has 0 saturated carbocycles. The number of rotatable bonds is 8. The second-order valence-corrected chi connectivity index (χ2v) is 8.14. The monoisotopic (exact) mass is 519 g/mol. The lowest BCUT2D eigenvalue weighted by Crippen LogP contribution is -2.32. The number of hydrogen-bond donors (Lipinski definition) is 2. The molecule has 0 fully saturated rings. The molecule has 10 heteroatoms. The number of anilines is 3. The van der Waals surface area contributed by atoms with Gasteiger partial charge in [0.05, 0.1) is 30.7 Å². The van der Waals surface area contributed by atoms with Crippen LogP contribution in [0.3, 0.4) is 0 Å². The van der Waals surface area contributed by atoms with Gasteiger partial charge in [-0.05, 0) is 67.6 Å². The number of methoxy groups -OCH3 is 1. The molecule has 0 radical (unpaired) electrons. The van der Waals surface area contributed by atoms with Gasteiger partial charge in [-0.1, -0.05) is 23.7 Å². The number of imide groups is 1. The molecule has 2 N–H and O–H groups in total. The van der Waals surface area contributed by atoms with Crippen LogP contribution in [-0.2, 0) is 14.3 Å². The Morgan fingerprint density at radius 3 is 2.19 bits per heavy atom. The third-order valence-corrected chi connectivity index (χ3v) is 5.79. The molecule has 3 aromatic carbocycles. The van der Waals surface area contributed by atoms with E-state index in [0.29, 0.717) is 22.7 Å². The minimum Gasteiger partial charge on any atom is -0.495 e. The van der Waals surface area contributed by atoms with Gasteiger partial charge in [-0.25, -0.2) is 9.69 Å². The van der Waals surface area contributed by atoms with Crippen LogP contribution in [0.5, 0.6) is 5.75 Å². The largest absolute Gasteiger partial charge is 0.495 e. The summed E-state index contributed by atoms with van der Waals surface area (Å²) in [5.74, 6) is -1.69. The van der Waals surface area contributed by atoms with Crippen LogP contribution in [0.1, 0.15) is 27.6 Å². The fourth-order valence-corrected chi connectivity index (χ4v) is 3.81. The predicted molar refractivity (Wildman–Crippen MR) is 139 cm³/mol. The maximum atomic E-state index is 13.0. The molecule has 3 amide bonds. The summed E-state index contributed by atoms with van der Waals surface area (Å²) in [4.78, 5) is 51.2. The number of nitrogens with one attached hydrogen (secondary N) is 2. The third kappa shape index (κ3) is 5.31. The third-order valence-electron chi connectivity index (χ3n) is 5.44. The lowest BCUT2D eigenvalue weighted by molar-refractivity contribution is -0.120. The molecule has 3 aromatic rings. The van der Waals surface area contributed by atoms with E-state index in [1.165, 1.54) is 31.4 Å². The van der Waals surface area contributed by atoms with Gasteiger partial charge in [0.15, 0.2) is 0 Å². The number of halogens is 1. The predicted octanol–water partition coefficient (Wildman–Crippen LogP) is 4.56. The highest BCUT2D eigenvalue weighted by Gasteiger charge is 2.39. The number of nitrogens with zero attached hydrogens (tertiary/aromatic N) is 1. The van der Waals surface area contributed by atoms with Crippen molar-refractivity contribution >= 4 is 52.4 Å². The van der Waals surface area contributed by atoms with E-state index < -0.39 is 17.8 Å². The minimum absolute atomic E-state index is 0.104. The Hall–Kier alpha value is -4.63. The van der Waals surface area contributed by atoms with Crippen molar-refractivity contribution in [3.63, 3.8) is 0 Å². The molecule has 0 unspecified atom stereocenters. The first kappa shape index (κ1) is 25.5. The van der Waals surface area contributed by atoms with Crippen molar-refractivity contribution in [2.45, 2.75) is 6.92 Å². The van der Waals surface area contributed by atoms with Gasteiger partial charge in [-0.2, -0.15) is 0 Å². The second-order valence-electron chi connectivity index (χ2n) is 7.76. The first-order valence-corrected chi connectivity index (χ1v) is 11.6. The van der Waals surface area contributed by atoms with Gasteiger partial charge in [-0.3, -0.25) is 14.4 Å². The molecule has 1 aliphatic heterocycles. The molecule has 37 heavy (non-hydrogen) atoms. The number of para-hydroxylation sites is 2. The van der Waals surface area contributed by atoms with Gasteiger partial charge >= 0.3 is 5.97 Å². The minimum atomic E-state index is -0.703. The summed E-state index contributed by atoms with van der Waals surface area (Å²) in [5, 5.41) is 5.36. The molecular weight excluding hydrogens is 498 g/mol. The van der Waals surface area contributed by atoms with Crippen molar-refractivity contribution in [2.24, 2.45) is 0 Å². The molecular formula is C27H22ClN3O6. The molecule has 1 heterocycles. The Labute approximate surface area is 217 Å². The Morgan fingerprint density at radius 2 is 1.54 bits per heavy atom. The standard InChI is InChI=1S/C27H22ClN3O6/c1-3-37-27(35)17-10-14-19(15-11-17)31-25(33)22(28)23(26(31)34)29-18-12-8-16(9-13-18)24(32)30-20-6-4-5-7-21(20)36-2/h4-15,29H,3H2,1-2H3,(H,30,32). The normalized spacial score (nSPS) is 13.0. The number of carbonyl (C=O) groups excluding carboxylic acids is 4. The summed E-state index contributed by atoms with van der Waals surface area (Å²) in [6.07, 6.45) is 0. The van der Waals surface area contributed by atoms with Crippen LogP contribution >= 0.6 is 11.6 Å². The summed E-state index contributed by atoms with van der Waals surface area (Å²) in [6.45, 7) is 1.92. The van der Waals surface area contributed by atoms with Gasteiger partial charge in [-0.15, -0.1) is 0 Å². The Balaban J connectivity index is 1.46. The molecule has 0 bridgehead atoms. The van der Waals surface area contributed by atoms with Crippen molar-refractivity contribution < 1.29 is 28.7 Å². The maximum Gasteiger partial charge on any atom is 0.338 e. The number of ether oxygens (including phenoxy) is 2. The van der Waals surface area contributed by atoms with Crippen LogP contribution < -0.4 is 20.3 Å². The maximum absolute atomic E-state index is 13.0. The van der Waals surface area contributed by atoms with E-state index in [9.17, 15) is 19.2 Å². The van der Waals surface area contributed by atoms with E-state index in [2.05, 4.69) is 10.6 Å². The number of hydrogen-bond acceptors (Lipinski definition) is 7. The highest BCUT2D eigenvalue weighted by Crippen LogP contribution is 2.30. The smallest absolute Gasteiger partial charge is 0.338 e. The van der Waals surface area contributed by atoms with Crippen LogP contribution in [0, 0.1) is 0 Å². The lowest BCUT2D eigenvalue weighted by Gasteiger charge is -2.15. The Kier molecular flexibility index (Phi) is 7.55. The van der Waals surface area contributed by atoms with E-state index in [4.69, 9.17) is 21.1 Å². The van der Waals surface area contributed by atoms with Crippen molar-refractivity contribution in [3.8, 4) is 5.75 Å². The fourth-order valence-electron chi connectivity index (χ4n) is 3.60. The van der Waals surface area contributed by atoms with Crippen molar-refractivity contribution in [3.05, 3.63) is 94.7 Å². The molecule has 0 aromatic heterocycles. The van der Waals surface area contributed by atoms with Gasteiger partial charge < -0.3 is 20.1 Å². The van der Waals surface area contributed by atoms with Crippen LogP contribution in [0.4, 0.5) is 17.1 Å². The summed E-state index contributed by atoms with van der Waals surface area (Å²) in [6, 6.07) is 19.2. The molecule has 9 nitrogen and oxygen atoms in total. The SMILES string of the molecule is CCOC(=O)c1ccc(N2C(=O)C(Cl)=C(Nc3ccc(C(=O)Nc4ccccc4OC)cc3)C2=O)cc1. The van der Waals surface area contributed by atoms with Gasteiger partial charge in [0.25, 0.3) is 17.7 Å². The first-order valence-electron chi connectivity index (χ1n) is 11.2. The number of esters is 1. The molecule has 188 valence electrons. The quantitative estimate of drug-likeness (QED) is 0.331. The second kappa shape index (κ2) is 11.0. The Morgan fingerprint density at radius 1 is 0.892 bits per heavy atom. The summed E-state index contributed by atoms with van der Waals surface area (Å²) < 4.78 is 10.2. The number of benzene rings is 3. The van der Waals surface area contributed by atoms with E-state index in [1.807, 2.05) is 0 Å². The van der Waals surface area contributed by atoms with Crippen LogP contribution in [0.25, 0.3) is 0 Å². The molecule has 0 atom stereocenters. The summed E-state index contributed by atoms with van der Waals surface area (Å²) in [5.41, 5.74) is 1.78. The van der Waals surface area contributed by atoms with Gasteiger partial charge in [0.1, 0.15) is 16.5 Å². The van der Waals surface area contributed by atoms with Crippen LogP contribution in [0.15, 0.2) is 83.5 Å². The van der Waals surface area contributed by atoms with Crippen molar-refractivity contribution in [1.82, 2.24) is 0 Å². The molecule has 0 saturated heterocycles. The number of carbonyl (C=O) groups is 4. The highest BCUT2D eigenvalue weighted by molar-refractivity contribution is 6.53. The molecule has 0 spiro atoms. The van der Waals surface area contributed by atoms with Gasteiger partial charge in [0, 0.05) is 11.3 Å². The first-order chi connectivity index (χ1) is 17.8.